The van der Waals surface area contributed by atoms with Gasteiger partial charge in [0, 0.05) is 11.3 Å². The zero-order valence-electron chi connectivity index (χ0n) is 11.7. The number of ether oxygens (including phenoxy) is 1. The van der Waals surface area contributed by atoms with Crippen LogP contribution in [-0.2, 0) is 19.3 Å². The predicted molar refractivity (Wildman–Crippen MR) is 77.5 cm³/mol. The van der Waals surface area contributed by atoms with Gasteiger partial charge in [0.1, 0.15) is 12.4 Å². The molecule has 1 aromatic carbocycles. The SMILES string of the molecule is O=C(N[C@H]1COc2ccccc2C1)c1n[nH]c2c1CCC2. The molecule has 5 nitrogen and oxygen atoms in total. The van der Waals surface area contributed by atoms with Gasteiger partial charge in [-0.25, -0.2) is 0 Å². The topological polar surface area (TPSA) is 67.0 Å². The Morgan fingerprint density at radius 2 is 2.24 bits per heavy atom. The number of para-hydroxylation sites is 1. The Hall–Kier alpha value is -2.30. The van der Waals surface area contributed by atoms with E-state index in [1.54, 1.807) is 0 Å². The summed E-state index contributed by atoms with van der Waals surface area (Å²) in [7, 11) is 0. The lowest BCUT2D eigenvalue weighted by molar-refractivity contribution is 0.0909. The Morgan fingerprint density at radius 3 is 3.19 bits per heavy atom. The quantitative estimate of drug-likeness (QED) is 0.880. The van der Waals surface area contributed by atoms with E-state index in [0.717, 1.165) is 48.3 Å². The molecule has 0 radical (unpaired) electrons. The first-order valence-electron chi connectivity index (χ1n) is 7.39. The van der Waals surface area contributed by atoms with Crippen LogP contribution in [0, 0.1) is 0 Å². The monoisotopic (exact) mass is 283 g/mol. The van der Waals surface area contributed by atoms with Gasteiger partial charge in [0.2, 0.25) is 0 Å². The average molecular weight is 283 g/mol. The highest BCUT2D eigenvalue weighted by molar-refractivity contribution is 5.94. The van der Waals surface area contributed by atoms with Gasteiger partial charge < -0.3 is 10.1 Å². The molecule has 2 aliphatic rings. The van der Waals surface area contributed by atoms with E-state index in [2.05, 4.69) is 15.5 Å². The van der Waals surface area contributed by atoms with Gasteiger partial charge in [-0.2, -0.15) is 5.10 Å². The third-order valence-corrected chi connectivity index (χ3v) is 4.24. The molecule has 1 aliphatic carbocycles. The second-order valence-electron chi connectivity index (χ2n) is 5.68. The number of carbonyl (C=O) groups excluding carboxylic acids is 1. The number of amides is 1. The largest absolute Gasteiger partial charge is 0.491 e. The molecule has 1 amide bonds. The van der Waals surface area contributed by atoms with E-state index in [9.17, 15) is 4.79 Å². The summed E-state index contributed by atoms with van der Waals surface area (Å²) < 4.78 is 5.70. The normalized spacial score (nSPS) is 19.5. The molecule has 1 aliphatic heterocycles. The van der Waals surface area contributed by atoms with Gasteiger partial charge in [0.05, 0.1) is 6.04 Å². The van der Waals surface area contributed by atoms with Crippen LogP contribution >= 0.6 is 0 Å². The number of fused-ring (bicyclic) bond motifs is 2. The summed E-state index contributed by atoms with van der Waals surface area (Å²) in [5.41, 5.74) is 3.90. The third kappa shape index (κ3) is 2.18. The van der Waals surface area contributed by atoms with E-state index < -0.39 is 0 Å². The van der Waals surface area contributed by atoms with Gasteiger partial charge >= 0.3 is 0 Å². The van der Waals surface area contributed by atoms with E-state index in [1.807, 2.05) is 24.3 Å². The highest BCUT2D eigenvalue weighted by Gasteiger charge is 2.26. The number of hydrogen-bond donors (Lipinski definition) is 2. The molecule has 0 saturated carbocycles. The molecule has 0 saturated heterocycles. The molecule has 5 heteroatoms. The Bertz CT molecular complexity index is 693. The molecule has 0 unspecified atom stereocenters. The van der Waals surface area contributed by atoms with Crippen LogP contribution in [-0.4, -0.2) is 28.8 Å². The fourth-order valence-corrected chi connectivity index (χ4v) is 3.18. The Kier molecular flexibility index (Phi) is 2.91. The molecule has 1 atom stereocenters. The molecule has 2 heterocycles. The molecular formula is C16H17N3O2. The van der Waals surface area contributed by atoms with Gasteiger partial charge in [-0.05, 0) is 37.3 Å². The average Bonchev–Trinajstić information content (AvgIpc) is 3.09. The van der Waals surface area contributed by atoms with Crippen molar-refractivity contribution in [2.45, 2.75) is 31.7 Å². The van der Waals surface area contributed by atoms with Gasteiger partial charge in [-0.3, -0.25) is 9.89 Å². The van der Waals surface area contributed by atoms with Crippen molar-refractivity contribution in [3.63, 3.8) is 0 Å². The first kappa shape index (κ1) is 12.4. The number of rotatable bonds is 2. The van der Waals surface area contributed by atoms with Gasteiger partial charge in [0.15, 0.2) is 5.69 Å². The molecule has 2 N–H and O–H groups in total. The zero-order valence-corrected chi connectivity index (χ0v) is 11.7. The molecule has 0 fully saturated rings. The number of nitrogens with one attached hydrogen (secondary N) is 2. The summed E-state index contributed by atoms with van der Waals surface area (Å²) in [5, 5.41) is 10.2. The highest BCUT2D eigenvalue weighted by Crippen LogP contribution is 2.25. The second-order valence-corrected chi connectivity index (χ2v) is 5.68. The van der Waals surface area contributed by atoms with Crippen molar-refractivity contribution in [1.82, 2.24) is 15.5 Å². The molecule has 0 spiro atoms. The van der Waals surface area contributed by atoms with Crippen LogP contribution in [0.1, 0.15) is 33.7 Å². The number of H-pyrrole nitrogens is 1. The van der Waals surface area contributed by atoms with Crippen LogP contribution in [0.5, 0.6) is 5.75 Å². The first-order chi connectivity index (χ1) is 10.3. The molecule has 1 aromatic heterocycles. The van der Waals surface area contributed by atoms with Crippen molar-refractivity contribution in [2.75, 3.05) is 6.61 Å². The number of aromatic nitrogens is 2. The van der Waals surface area contributed by atoms with Crippen molar-refractivity contribution in [3.05, 3.63) is 46.8 Å². The van der Waals surface area contributed by atoms with Crippen molar-refractivity contribution in [2.24, 2.45) is 0 Å². The van der Waals surface area contributed by atoms with Gasteiger partial charge in [0.25, 0.3) is 5.91 Å². The van der Waals surface area contributed by atoms with E-state index in [4.69, 9.17) is 4.74 Å². The number of carbonyl (C=O) groups is 1. The van der Waals surface area contributed by atoms with Crippen LogP contribution in [0.3, 0.4) is 0 Å². The summed E-state index contributed by atoms with van der Waals surface area (Å²) in [6, 6.07) is 7.96. The minimum absolute atomic E-state index is 0.00107. The van der Waals surface area contributed by atoms with Gasteiger partial charge in [-0.1, -0.05) is 18.2 Å². The van der Waals surface area contributed by atoms with Crippen LogP contribution in [0.15, 0.2) is 24.3 Å². The molecule has 21 heavy (non-hydrogen) atoms. The summed E-state index contributed by atoms with van der Waals surface area (Å²) in [5.74, 6) is 0.825. The maximum absolute atomic E-state index is 12.4. The summed E-state index contributed by atoms with van der Waals surface area (Å²) in [6.07, 6.45) is 3.84. The number of hydrogen-bond acceptors (Lipinski definition) is 3. The second kappa shape index (κ2) is 4.91. The Labute approximate surface area is 122 Å². The number of aryl methyl sites for hydroxylation is 1. The standard InChI is InChI=1S/C16H17N3O2/c20-16(15-12-5-3-6-13(12)18-19-15)17-11-8-10-4-1-2-7-14(10)21-9-11/h1-2,4,7,11H,3,5-6,8-9H2,(H,17,20)(H,18,19)/t11-/m1/s1. The van der Waals surface area contributed by atoms with Crippen LogP contribution in [0.4, 0.5) is 0 Å². The predicted octanol–water partition coefficient (Wildman–Crippen LogP) is 1.63. The summed E-state index contributed by atoms with van der Waals surface area (Å²) in [6.45, 7) is 0.509. The van der Waals surface area contributed by atoms with E-state index in [1.165, 1.54) is 0 Å². The fraction of sp³-hybridized carbons (Fsp3) is 0.375. The van der Waals surface area contributed by atoms with Crippen LogP contribution in [0.2, 0.25) is 0 Å². The maximum Gasteiger partial charge on any atom is 0.272 e. The number of benzene rings is 1. The zero-order chi connectivity index (χ0) is 14.2. The minimum Gasteiger partial charge on any atom is -0.491 e. The summed E-state index contributed by atoms with van der Waals surface area (Å²) >= 11 is 0. The lowest BCUT2D eigenvalue weighted by Gasteiger charge is -2.25. The van der Waals surface area contributed by atoms with Gasteiger partial charge in [-0.15, -0.1) is 0 Å². The van der Waals surface area contributed by atoms with E-state index in [0.29, 0.717) is 12.3 Å². The van der Waals surface area contributed by atoms with Crippen molar-refractivity contribution < 1.29 is 9.53 Å². The number of aromatic amines is 1. The highest BCUT2D eigenvalue weighted by atomic mass is 16.5. The molecular weight excluding hydrogens is 266 g/mol. The maximum atomic E-state index is 12.4. The molecule has 108 valence electrons. The minimum atomic E-state index is -0.0950. The Morgan fingerprint density at radius 1 is 1.33 bits per heavy atom. The lowest BCUT2D eigenvalue weighted by Crippen LogP contribution is -2.43. The number of nitrogens with zero attached hydrogens (tertiary/aromatic N) is 1. The van der Waals surface area contributed by atoms with Crippen molar-refractivity contribution in [3.8, 4) is 5.75 Å². The molecule has 0 bridgehead atoms. The van der Waals surface area contributed by atoms with Crippen molar-refractivity contribution in [1.29, 1.82) is 0 Å². The molecule has 4 rings (SSSR count). The van der Waals surface area contributed by atoms with E-state index in [-0.39, 0.29) is 11.9 Å². The molecule has 2 aromatic rings. The van der Waals surface area contributed by atoms with Crippen LogP contribution < -0.4 is 10.1 Å². The fourth-order valence-electron chi connectivity index (χ4n) is 3.18. The Balaban J connectivity index is 1.48. The van der Waals surface area contributed by atoms with Crippen LogP contribution in [0.25, 0.3) is 0 Å². The smallest absolute Gasteiger partial charge is 0.272 e. The lowest BCUT2D eigenvalue weighted by atomic mass is 10.0. The summed E-state index contributed by atoms with van der Waals surface area (Å²) in [4.78, 5) is 12.4. The van der Waals surface area contributed by atoms with E-state index >= 15 is 0 Å². The van der Waals surface area contributed by atoms with Crippen molar-refractivity contribution >= 4 is 5.91 Å². The first-order valence-corrected chi connectivity index (χ1v) is 7.39. The third-order valence-electron chi connectivity index (χ3n) is 4.24.